The molecule has 0 bridgehead atoms. The van der Waals surface area contributed by atoms with E-state index in [4.69, 9.17) is 4.74 Å². The number of nitrogens with zero attached hydrogens (tertiary/aromatic N) is 1. The Morgan fingerprint density at radius 2 is 1.91 bits per heavy atom. The molecule has 1 aromatic carbocycles. The summed E-state index contributed by atoms with van der Waals surface area (Å²) < 4.78 is 6.19. The van der Waals surface area contributed by atoms with E-state index in [0.29, 0.717) is 6.04 Å². The minimum absolute atomic E-state index is 0.108. The monoisotopic (exact) mass is 316 g/mol. The van der Waals surface area contributed by atoms with Gasteiger partial charge in [0.2, 0.25) is 0 Å². The molecule has 1 aliphatic heterocycles. The number of hydrogen-bond acceptors (Lipinski definition) is 3. The molecule has 1 atom stereocenters. The minimum atomic E-state index is 0.108. The third-order valence-electron chi connectivity index (χ3n) is 5.08. The van der Waals surface area contributed by atoms with Crippen molar-refractivity contribution in [3.63, 3.8) is 0 Å². The third-order valence-corrected chi connectivity index (χ3v) is 5.08. The minimum Gasteiger partial charge on any atom is -0.490 e. The van der Waals surface area contributed by atoms with Crippen LogP contribution in [0.15, 0.2) is 24.3 Å². The molecule has 3 rings (SSSR count). The number of piperidine rings is 1. The van der Waals surface area contributed by atoms with Crippen molar-refractivity contribution in [3.05, 3.63) is 29.8 Å². The van der Waals surface area contributed by atoms with Gasteiger partial charge in [0.05, 0.1) is 11.7 Å². The number of amides is 1. The molecule has 1 saturated carbocycles. The first-order chi connectivity index (χ1) is 11.3. The molecule has 1 saturated heterocycles. The lowest BCUT2D eigenvalue weighted by molar-refractivity contribution is 0.0688. The lowest BCUT2D eigenvalue weighted by atomic mass is 9.97. The molecule has 126 valence electrons. The zero-order chi connectivity index (χ0) is 16.1. The van der Waals surface area contributed by atoms with Crippen molar-refractivity contribution in [2.45, 2.75) is 57.1 Å². The van der Waals surface area contributed by atoms with E-state index in [9.17, 15) is 4.79 Å². The maximum atomic E-state index is 12.9. The number of carbonyl (C=O) groups is 1. The van der Waals surface area contributed by atoms with E-state index in [1.165, 1.54) is 19.3 Å². The van der Waals surface area contributed by atoms with Crippen molar-refractivity contribution in [1.82, 2.24) is 10.2 Å². The molecule has 1 amide bonds. The van der Waals surface area contributed by atoms with E-state index in [-0.39, 0.29) is 12.0 Å². The summed E-state index contributed by atoms with van der Waals surface area (Å²) in [5, 5.41) is 3.30. The van der Waals surface area contributed by atoms with Gasteiger partial charge in [-0.3, -0.25) is 4.79 Å². The summed E-state index contributed by atoms with van der Waals surface area (Å²) in [6, 6.07) is 8.14. The summed E-state index contributed by atoms with van der Waals surface area (Å²) in [5.41, 5.74) is 0.717. The molecule has 1 unspecified atom stereocenters. The lowest BCUT2D eigenvalue weighted by Gasteiger charge is -2.33. The molecule has 1 aliphatic carbocycles. The zero-order valence-corrected chi connectivity index (χ0v) is 14.1. The fraction of sp³-hybridized carbons (Fsp3) is 0.632. The number of ether oxygens (including phenoxy) is 1. The fourth-order valence-electron chi connectivity index (χ4n) is 3.68. The number of likely N-dealkylation sites (N-methyl/N-ethyl adjacent to an activating group) is 1. The molecule has 1 heterocycles. The summed E-state index contributed by atoms with van der Waals surface area (Å²) in [6.45, 7) is 1.63. The Balaban J connectivity index is 1.72. The Morgan fingerprint density at radius 1 is 1.13 bits per heavy atom. The number of likely N-dealkylation sites (tertiary alicyclic amines) is 1. The zero-order valence-electron chi connectivity index (χ0n) is 14.1. The summed E-state index contributed by atoms with van der Waals surface area (Å²) in [6.07, 6.45) is 8.45. The van der Waals surface area contributed by atoms with E-state index in [0.717, 1.165) is 50.1 Å². The van der Waals surface area contributed by atoms with Crippen LogP contribution in [-0.4, -0.2) is 43.1 Å². The molecule has 0 radical (unpaired) electrons. The van der Waals surface area contributed by atoms with E-state index in [2.05, 4.69) is 5.32 Å². The highest BCUT2D eigenvalue weighted by atomic mass is 16.5. The second-order valence-electron chi connectivity index (χ2n) is 6.75. The summed E-state index contributed by atoms with van der Waals surface area (Å²) in [5.74, 6) is 0.868. The van der Waals surface area contributed by atoms with Crippen molar-refractivity contribution in [3.8, 4) is 5.75 Å². The van der Waals surface area contributed by atoms with Gasteiger partial charge < -0.3 is 15.0 Å². The maximum Gasteiger partial charge on any atom is 0.257 e. The molecule has 2 aliphatic rings. The molecule has 23 heavy (non-hydrogen) atoms. The first-order valence-electron chi connectivity index (χ1n) is 9.00. The standard InChI is InChI=1S/C19H28N2O2/c1-20-15-8-7-13-21(14-15)19(22)17-11-5-6-12-18(17)23-16-9-3-2-4-10-16/h5-6,11-12,15-16,20H,2-4,7-10,13-14H2,1H3. The molecular weight excluding hydrogens is 288 g/mol. The van der Waals surface area contributed by atoms with Crippen LogP contribution in [0.3, 0.4) is 0 Å². The van der Waals surface area contributed by atoms with Crippen LogP contribution in [0.25, 0.3) is 0 Å². The highest BCUT2D eigenvalue weighted by Gasteiger charge is 2.26. The second kappa shape index (κ2) is 7.82. The Labute approximate surface area is 139 Å². The Kier molecular flexibility index (Phi) is 5.55. The first kappa shape index (κ1) is 16.3. The number of rotatable bonds is 4. The Bertz CT molecular complexity index is 526. The van der Waals surface area contributed by atoms with E-state index >= 15 is 0 Å². The van der Waals surface area contributed by atoms with Gasteiger partial charge in [0.15, 0.2) is 0 Å². The predicted molar refractivity (Wildman–Crippen MR) is 91.9 cm³/mol. The van der Waals surface area contributed by atoms with Crippen molar-refractivity contribution < 1.29 is 9.53 Å². The summed E-state index contributed by atoms with van der Waals surface area (Å²) in [4.78, 5) is 14.9. The van der Waals surface area contributed by atoms with Crippen LogP contribution in [0.2, 0.25) is 0 Å². The molecular formula is C19H28N2O2. The average molecular weight is 316 g/mol. The van der Waals surface area contributed by atoms with Gasteiger partial charge in [0.25, 0.3) is 5.91 Å². The number of carbonyl (C=O) groups excluding carboxylic acids is 1. The molecule has 0 spiro atoms. The van der Waals surface area contributed by atoms with Gasteiger partial charge in [-0.1, -0.05) is 18.6 Å². The van der Waals surface area contributed by atoms with Gasteiger partial charge in [0, 0.05) is 19.1 Å². The second-order valence-corrected chi connectivity index (χ2v) is 6.75. The van der Waals surface area contributed by atoms with Gasteiger partial charge >= 0.3 is 0 Å². The van der Waals surface area contributed by atoms with Gasteiger partial charge in [-0.15, -0.1) is 0 Å². The quantitative estimate of drug-likeness (QED) is 0.927. The molecule has 0 aromatic heterocycles. The summed E-state index contributed by atoms with van der Waals surface area (Å²) >= 11 is 0. The number of benzene rings is 1. The van der Waals surface area contributed by atoms with Crippen molar-refractivity contribution >= 4 is 5.91 Å². The first-order valence-corrected chi connectivity index (χ1v) is 9.00. The summed E-state index contributed by atoms with van der Waals surface area (Å²) in [7, 11) is 1.97. The van der Waals surface area contributed by atoms with Crippen molar-refractivity contribution in [2.24, 2.45) is 0 Å². The Morgan fingerprint density at radius 3 is 2.70 bits per heavy atom. The third kappa shape index (κ3) is 4.05. The van der Waals surface area contributed by atoms with Crippen LogP contribution >= 0.6 is 0 Å². The molecule has 4 nitrogen and oxygen atoms in total. The molecule has 4 heteroatoms. The van der Waals surface area contributed by atoms with Crippen LogP contribution in [0.1, 0.15) is 55.3 Å². The van der Waals surface area contributed by atoms with Crippen molar-refractivity contribution in [1.29, 1.82) is 0 Å². The topological polar surface area (TPSA) is 41.6 Å². The van der Waals surface area contributed by atoms with Gasteiger partial charge in [-0.2, -0.15) is 0 Å². The van der Waals surface area contributed by atoms with Gasteiger partial charge in [-0.05, 0) is 57.7 Å². The fourth-order valence-corrected chi connectivity index (χ4v) is 3.68. The number of hydrogen-bond donors (Lipinski definition) is 1. The van der Waals surface area contributed by atoms with Crippen LogP contribution in [-0.2, 0) is 0 Å². The van der Waals surface area contributed by atoms with Crippen LogP contribution in [0, 0.1) is 0 Å². The van der Waals surface area contributed by atoms with E-state index < -0.39 is 0 Å². The molecule has 1 aromatic rings. The van der Waals surface area contributed by atoms with Crippen LogP contribution < -0.4 is 10.1 Å². The van der Waals surface area contributed by atoms with E-state index in [1.54, 1.807) is 0 Å². The van der Waals surface area contributed by atoms with Crippen LogP contribution in [0.5, 0.6) is 5.75 Å². The van der Waals surface area contributed by atoms with Gasteiger partial charge in [-0.25, -0.2) is 0 Å². The largest absolute Gasteiger partial charge is 0.490 e. The smallest absolute Gasteiger partial charge is 0.257 e. The van der Waals surface area contributed by atoms with Gasteiger partial charge in [0.1, 0.15) is 5.75 Å². The highest BCUT2D eigenvalue weighted by molar-refractivity contribution is 5.97. The lowest BCUT2D eigenvalue weighted by Crippen LogP contribution is -2.47. The maximum absolute atomic E-state index is 12.9. The number of nitrogens with one attached hydrogen (secondary N) is 1. The number of para-hydroxylation sites is 1. The average Bonchev–Trinajstić information content (AvgIpc) is 2.62. The molecule has 2 fully saturated rings. The molecule has 1 N–H and O–H groups in total. The highest BCUT2D eigenvalue weighted by Crippen LogP contribution is 2.27. The van der Waals surface area contributed by atoms with Crippen LogP contribution in [0.4, 0.5) is 0 Å². The Hall–Kier alpha value is -1.55. The predicted octanol–water partition coefficient (Wildman–Crippen LogP) is 3.22. The van der Waals surface area contributed by atoms with Crippen molar-refractivity contribution in [2.75, 3.05) is 20.1 Å². The SMILES string of the molecule is CNC1CCCN(C(=O)c2ccccc2OC2CCCCC2)C1. The van der Waals surface area contributed by atoms with E-state index in [1.807, 2.05) is 36.2 Å². The normalized spacial score (nSPS) is 22.8.